The summed E-state index contributed by atoms with van der Waals surface area (Å²) in [5, 5.41) is 0.715. The molecule has 0 atom stereocenters. The standard InChI is InChI=1S/C21H24FN3OS.ClH/c1-14-5-10-18-20(15(14)2)23-21(27-18)25(12-11-24(3)4)19(26)13-16-6-8-17(22)9-7-16;/h5-10H,11-13H2,1-4H3;1H. The van der Waals surface area contributed by atoms with E-state index in [9.17, 15) is 9.18 Å². The number of halogens is 2. The number of hydrogen-bond donors (Lipinski definition) is 0. The molecule has 1 heterocycles. The fourth-order valence-corrected chi connectivity index (χ4v) is 3.90. The first-order valence-electron chi connectivity index (χ1n) is 8.91. The molecule has 7 heteroatoms. The van der Waals surface area contributed by atoms with Crippen LogP contribution in [0.3, 0.4) is 0 Å². The number of amides is 1. The van der Waals surface area contributed by atoms with Crippen molar-refractivity contribution in [1.82, 2.24) is 9.88 Å². The molecule has 3 rings (SSSR count). The Morgan fingerprint density at radius 3 is 2.39 bits per heavy atom. The van der Waals surface area contributed by atoms with Gasteiger partial charge in [0.15, 0.2) is 5.13 Å². The van der Waals surface area contributed by atoms with Crippen molar-refractivity contribution in [3.63, 3.8) is 0 Å². The SMILES string of the molecule is Cc1ccc2sc(N(CCN(C)C)C(=O)Cc3ccc(F)cc3)nc2c1C.Cl. The molecular weight excluding hydrogens is 397 g/mol. The minimum atomic E-state index is -0.298. The summed E-state index contributed by atoms with van der Waals surface area (Å²) < 4.78 is 14.2. The summed E-state index contributed by atoms with van der Waals surface area (Å²) in [6.45, 7) is 5.43. The van der Waals surface area contributed by atoms with Gasteiger partial charge in [-0.3, -0.25) is 9.69 Å². The van der Waals surface area contributed by atoms with Gasteiger partial charge in [-0.1, -0.05) is 29.5 Å². The van der Waals surface area contributed by atoms with Gasteiger partial charge in [-0.05, 0) is 62.8 Å². The third kappa shape index (κ3) is 5.07. The van der Waals surface area contributed by atoms with Gasteiger partial charge in [0.2, 0.25) is 5.91 Å². The van der Waals surface area contributed by atoms with Gasteiger partial charge in [0.1, 0.15) is 5.82 Å². The molecule has 1 amide bonds. The number of thiazole rings is 1. The third-order valence-electron chi connectivity index (χ3n) is 4.64. The maximum atomic E-state index is 13.1. The Balaban J connectivity index is 0.00000280. The number of aromatic nitrogens is 1. The number of likely N-dealkylation sites (N-methyl/N-ethyl adjacent to an activating group) is 1. The largest absolute Gasteiger partial charge is 0.308 e. The van der Waals surface area contributed by atoms with Crippen molar-refractivity contribution >= 4 is 45.0 Å². The zero-order valence-corrected chi connectivity index (χ0v) is 18.2. The minimum absolute atomic E-state index is 0. The molecule has 0 radical (unpaired) electrons. The molecule has 0 unspecified atom stereocenters. The number of aryl methyl sites for hydroxylation is 2. The highest BCUT2D eigenvalue weighted by molar-refractivity contribution is 7.22. The highest BCUT2D eigenvalue weighted by Crippen LogP contribution is 2.32. The molecule has 0 N–H and O–H groups in total. The van der Waals surface area contributed by atoms with E-state index in [0.717, 1.165) is 27.9 Å². The van der Waals surface area contributed by atoms with E-state index in [0.29, 0.717) is 11.7 Å². The summed E-state index contributed by atoms with van der Waals surface area (Å²) in [5.74, 6) is -0.329. The molecule has 28 heavy (non-hydrogen) atoms. The molecule has 0 saturated carbocycles. The number of benzene rings is 2. The molecule has 0 aliphatic heterocycles. The maximum Gasteiger partial charge on any atom is 0.233 e. The molecule has 3 aromatic rings. The van der Waals surface area contributed by atoms with Crippen molar-refractivity contribution < 1.29 is 9.18 Å². The van der Waals surface area contributed by atoms with Crippen LogP contribution in [0.15, 0.2) is 36.4 Å². The molecule has 150 valence electrons. The average Bonchev–Trinajstić information content (AvgIpc) is 3.05. The van der Waals surface area contributed by atoms with E-state index in [4.69, 9.17) is 4.98 Å². The lowest BCUT2D eigenvalue weighted by Gasteiger charge is -2.22. The van der Waals surface area contributed by atoms with E-state index < -0.39 is 0 Å². The fourth-order valence-electron chi connectivity index (χ4n) is 2.83. The molecular formula is C21H25ClFN3OS. The van der Waals surface area contributed by atoms with E-state index in [-0.39, 0.29) is 30.6 Å². The summed E-state index contributed by atoms with van der Waals surface area (Å²) in [6, 6.07) is 10.2. The first-order chi connectivity index (χ1) is 12.8. The van der Waals surface area contributed by atoms with Crippen LogP contribution in [-0.2, 0) is 11.2 Å². The first kappa shape index (κ1) is 22.3. The van der Waals surface area contributed by atoms with E-state index in [1.165, 1.54) is 29.0 Å². The lowest BCUT2D eigenvalue weighted by molar-refractivity contribution is -0.118. The van der Waals surface area contributed by atoms with Gasteiger partial charge < -0.3 is 4.90 Å². The molecule has 0 saturated heterocycles. The quantitative estimate of drug-likeness (QED) is 0.583. The Morgan fingerprint density at radius 2 is 1.75 bits per heavy atom. The monoisotopic (exact) mass is 421 g/mol. The zero-order valence-electron chi connectivity index (χ0n) is 16.5. The van der Waals surface area contributed by atoms with Gasteiger partial charge >= 0.3 is 0 Å². The summed E-state index contributed by atoms with van der Waals surface area (Å²) in [5.41, 5.74) is 4.09. The van der Waals surface area contributed by atoms with Crippen LogP contribution in [0, 0.1) is 19.7 Å². The van der Waals surface area contributed by atoms with E-state index >= 15 is 0 Å². The number of nitrogens with zero attached hydrogens (tertiary/aromatic N) is 3. The Kier molecular flexibility index (Phi) is 7.52. The van der Waals surface area contributed by atoms with Gasteiger partial charge in [0, 0.05) is 13.1 Å². The normalized spacial score (nSPS) is 10.9. The van der Waals surface area contributed by atoms with Gasteiger partial charge in [-0.2, -0.15) is 0 Å². The van der Waals surface area contributed by atoms with Crippen molar-refractivity contribution in [3.05, 3.63) is 58.9 Å². The number of fused-ring (bicyclic) bond motifs is 1. The summed E-state index contributed by atoms with van der Waals surface area (Å²) >= 11 is 1.54. The number of anilines is 1. The average molecular weight is 422 g/mol. The third-order valence-corrected chi connectivity index (χ3v) is 5.69. The highest BCUT2D eigenvalue weighted by atomic mass is 35.5. The van der Waals surface area contributed by atoms with Gasteiger partial charge in [-0.25, -0.2) is 9.37 Å². The van der Waals surface area contributed by atoms with Crippen LogP contribution in [-0.4, -0.2) is 43.0 Å². The number of carbonyl (C=O) groups is 1. The van der Waals surface area contributed by atoms with Crippen LogP contribution < -0.4 is 4.90 Å². The van der Waals surface area contributed by atoms with Crippen molar-refractivity contribution in [1.29, 1.82) is 0 Å². The van der Waals surface area contributed by atoms with Gasteiger partial charge in [-0.15, -0.1) is 12.4 Å². The van der Waals surface area contributed by atoms with E-state index in [1.54, 1.807) is 17.0 Å². The second-order valence-electron chi connectivity index (χ2n) is 7.00. The zero-order chi connectivity index (χ0) is 19.6. The van der Waals surface area contributed by atoms with E-state index in [1.807, 2.05) is 19.0 Å². The summed E-state index contributed by atoms with van der Waals surface area (Å²) in [6.07, 6.45) is 0.224. The van der Waals surface area contributed by atoms with Crippen molar-refractivity contribution in [3.8, 4) is 0 Å². The summed E-state index contributed by atoms with van der Waals surface area (Å²) in [7, 11) is 3.96. The van der Waals surface area contributed by atoms with E-state index in [2.05, 4.69) is 26.0 Å². The molecule has 4 nitrogen and oxygen atoms in total. The molecule has 0 spiro atoms. The van der Waals surface area contributed by atoms with Crippen molar-refractivity contribution in [2.75, 3.05) is 32.1 Å². The molecule has 0 fully saturated rings. The summed E-state index contributed by atoms with van der Waals surface area (Å²) in [4.78, 5) is 21.6. The minimum Gasteiger partial charge on any atom is -0.308 e. The molecule has 0 aliphatic carbocycles. The topological polar surface area (TPSA) is 36.4 Å². The van der Waals surface area contributed by atoms with Gasteiger partial charge in [0.05, 0.1) is 16.6 Å². The van der Waals surface area contributed by atoms with Crippen LogP contribution in [0.1, 0.15) is 16.7 Å². The van der Waals surface area contributed by atoms with Crippen LogP contribution >= 0.6 is 23.7 Å². The predicted molar refractivity (Wildman–Crippen MR) is 117 cm³/mol. The maximum absolute atomic E-state index is 13.1. The second kappa shape index (κ2) is 9.45. The molecule has 0 aliphatic rings. The lowest BCUT2D eigenvalue weighted by atomic mass is 10.1. The Hall–Kier alpha value is -2.02. The Morgan fingerprint density at radius 1 is 1.07 bits per heavy atom. The van der Waals surface area contributed by atoms with Crippen molar-refractivity contribution in [2.24, 2.45) is 0 Å². The molecule has 0 bridgehead atoms. The van der Waals surface area contributed by atoms with Crippen LogP contribution in [0.4, 0.5) is 9.52 Å². The number of rotatable bonds is 6. The fraction of sp³-hybridized carbons (Fsp3) is 0.333. The lowest BCUT2D eigenvalue weighted by Crippen LogP contribution is -2.37. The predicted octanol–water partition coefficient (Wildman–Crippen LogP) is 4.61. The second-order valence-corrected chi connectivity index (χ2v) is 8.01. The van der Waals surface area contributed by atoms with Crippen LogP contribution in [0.5, 0.6) is 0 Å². The Labute approximate surface area is 175 Å². The van der Waals surface area contributed by atoms with Gasteiger partial charge in [0.25, 0.3) is 0 Å². The number of hydrogen-bond acceptors (Lipinski definition) is 4. The first-order valence-corrected chi connectivity index (χ1v) is 9.73. The van der Waals surface area contributed by atoms with Crippen LogP contribution in [0.2, 0.25) is 0 Å². The van der Waals surface area contributed by atoms with Crippen LogP contribution in [0.25, 0.3) is 10.2 Å². The molecule has 2 aromatic carbocycles. The smallest absolute Gasteiger partial charge is 0.233 e. The number of carbonyl (C=O) groups excluding carboxylic acids is 1. The Bertz CT molecular complexity index is 956. The highest BCUT2D eigenvalue weighted by Gasteiger charge is 2.21. The molecule has 1 aromatic heterocycles. The van der Waals surface area contributed by atoms with Crippen molar-refractivity contribution in [2.45, 2.75) is 20.3 Å².